The van der Waals surface area contributed by atoms with E-state index in [9.17, 15) is 9.59 Å². The van der Waals surface area contributed by atoms with E-state index in [-0.39, 0.29) is 19.1 Å². The molecule has 1 N–H and O–H groups in total. The number of para-hydroxylation sites is 1. The van der Waals surface area contributed by atoms with Gasteiger partial charge in [0.25, 0.3) is 5.91 Å². The van der Waals surface area contributed by atoms with Crippen LogP contribution in [0.5, 0.6) is 0 Å². The highest BCUT2D eigenvalue weighted by Gasteiger charge is 2.12. The number of nitrogens with one attached hydrogen (secondary N) is 1. The Hall–Kier alpha value is -3.22. The van der Waals surface area contributed by atoms with Gasteiger partial charge in [0, 0.05) is 5.69 Å². The number of benzene rings is 2. The summed E-state index contributed by atoms with van der Waals surface area (Å²) in [5.74, 6) is -0.937. The van der Waals surface area contributed by atoms with Crippen molar-refractivity contribution in [2.24, 2.45) is 0 Å². The number of hydrogen-bond acceptors (Lipinski definition) is 5. The SMILES string of the molecule is Cc1cc(C)cc(NC(=O)COC(=O)Cn2nnc3ccccc32)c1. The summed E-state index contributed by atoms with van der Waals surface area (Å²) in [6.07, 6.45) is 0. The topological polar surface area (TPSA) is 86.1 Å². The number of amides is 1. The predicted octanol–water partition coefficient (Wildman–Crippen LogP) is 2.23. The predicted molar refractivity (Wildman–Crippen MR) is 93.0 cm³/mol. The van der Waals surface area contributed by atoms with Crippen molar-refractivity contribution in [1.29, 1.82) is 0 Å². The van der Waals surface area contributed by atoms with Crippen LogP contribution < -0.4 is 5.32 Å². The van der Waals surface area contributed by atoms with E-state index < -0.39 is 5.97 Å². The summed E-state index contributed by atoms with van der Waals surface area (Å²) in [7, 11) is 0. The molecule has 3 rings (SSSR count). The van der Waals surface area contributed by atoms with Crippen molar-refractivity contribution in [2.45, 2.75) is 20.4 Å². The van der Waals surface area contributed by atoms with Crippen LogP contribution in [0.3, 0.4) is 0 Å². The second-order valence-electron chi connectivity index (χ2n) is 5.82. The van der Waals surface area contributed by atoms with Gasteiger partial charge in [-0.25, -0.2) is 4.68 Å². The van der Waals surface area contributed by atoms with Crippen molar-refractivity contribution in [3.05, 3.63) is 53.6 Å². The molecule has 0 fully saturated rings. The van der Waals surface area contributed by atoms with Crippen LogP contribution in [0.4, 0.5) is 5.69 Å². The molecule has 0 unspecified atom stereocenters. The van der Waals surface area contributed by atoms with Gasteiger partial charge in [-0.1, -0.05) is 23.4 Å². The quantitative estimate of drug-likeness (QED) is 0.721. The van der Waals surface area contributed by atoms with E-state index in [0.29, 0.717) is 11.2 Å². The van der Waals surface area contributed by atoms with Crippen molar-refractivity contribution in [1.82, 2.24) is 15.0 Å². The Bertz CT molecular complexity index is 913. The Labute approximate surface area is 144 Å². The first-order chi connectivity index (χ1) is 12.0. The number of carbonyl (C=O) groups excluding carboxylic acids is 2. The molecule has 2 aromatic carbocycles. The fourth-order valence-corrected chi connectivity index (χ4v) is 2.59. The molecule has 0 spiro atoms. The van der Waals surface area contributed by atoms with Gasteiger partial charge in [0.05, 0.1) is 5.52 Å². The molecule has 1 aromatic heterocycles. The molecule has 1 amide bonds. The van der Waals surface area contributed by atoms with E-state index in [1.54, 1.807) is 6.07 Å². The zero-order valence-corrected chi connectivity index (χ0v) is 14.0. The van der Waals surface area contributed by atoms with Gasteiger partial charge in [0.2, 0.25) is 0 Å². The first kappa shape index (κ1) is 16.6. The molecule has 0 aliphatic heterocycles. The number of fused-ring (bicyclic) bond motifs is 1. The van der Waals surface area contributed by atoms with Gasteiger partial charge in [-0.05, 0) is 49.2 Å². The first-order valence-corrected chi connectivity index (χ1v) is 7.83. The Balaban J connectivity index is 1.54. The molecule has 0 saturated carbocycles. The summed E-state index contributed by atoms with van der Waals surface area (Å²) in [5, 5.41) is 10.6. The Morgan fingerprint density at radius 2 is 1.84 bits per heavy atom. The molecular formula is C18H18N4O3. The minimum Gasteiger partial charge on any atom is -0.454 e. The summed E-state index contributed by atoms with van der Waals surface area (Å²) < 4.78 is 6.46. The number of rotatable bonds is 5. The maximum absolute atomic E-state index is 11.9. The van der Waals surface area contributed by atoms with Crippen LogP contribution >= 0.6 is 0 Å². The fourth-order valence-electron chi connectivity index (χ4n) is 2.59. The zero-order valence-electron chi connectivity index (χ0n) is 14.0. The molecule has 7 heteroatoms. The number of aryl methyl sites for hydroxylation is 2. The molecule has 0 saturated heterocycles. The van der Waals surface area contributed by atoms with E-state index in [2.05, 4.69) is 15.6 Å². The van der Waals surface area contributed by atoms with Crippen molar-refractivity contribution < 1.29 is 14.3 Å². The summed E-state index contributed by atoms with van der Waals surface area (Å²) in [6.45, 7) is 3.45. The molecule has 0 radical (unpaired) electrons. The highest BCUT2D eigenvalue weighted by molar-refractivity contribution is 5.93. The average molecular weight is 338 g/mol. The Morgan fingerprint density at radius 3 is 2.60 bits per heavy atom. The van der Waals surface area contributed by atoms with Gasteiger partial charge in [-0.15, -0.1) is 5.10 Å². The molecule has 0 aliphatic rings. The third kappa shape index (κ3) is 4.20. The van der Waals surface area contributed by atoms with Gasteiger partial charge < -0.3 is 10.1 Å². The van der Waals surface area contributed by atoms with Crippen LogP contribution in [0.15, 0.2) is 42.5 Å². The van der Waals surface area contributed by atoms with Crippen LogP contribution in [-0.4, -0.2) is 33.5 Å². The molecular weight excluding hydrogens is 320 g/mol. The van der Waals surface area contributed by atoms with Gasteiger partial charge in [0.1, 0.15) is 12.1 Å². The maximum atomic E-state index is 11.9. The molecule has 0 aliphatic carbocycles. The zero-order chi connectivity index (χ0) is 17.8. The van der Waals surface area contributed by atoms with Crippen LogP contribution in [0.2, 0.25) is 0 Å². The van der Waals surface area contributed by atoms with E-state index in [1.807, 2.05) is 50.2 Å². The lowest BCUT2D eigenvalue weighted by molar-refractivity contribution is -0.148. The number of hydrogen-bond donors (Lipinski definition) is 1. The fraction of sp³-hybridized carbons (Fsp3) is 0.222. The van der Waals surface area contributed by atoms with Gasteiger partial charge >= 0.3 is 5.97 Å². The summed E-state index contributed by atoms with van der Waals surface area (Å²) in [5.41, 5.74) is 4.21. The standard InChI is InChI=1S/C18H18N4O3/c1-12-7-13(2)9-14(8-12)19-17(23)11-25-18(24)10-22-16-6-4-3-5-15(16)20-21-22/h3-9H,10-11H2,1-2H3,(H,19,23). The lowest BCUT2D eigenvalue weighted by Gasteiger charge is -2.08. The molecule has 0 bridgehead atoms. The number of esters is 1. The summed E-state index contributed by atoms with van der Waals surface area (Å²) in [6, 6.07) is 13.0. The first-order valence-electron chi connectivity index (χ1n) is 7.83. The molecule has 3 aromatic rings. The second kappa shape index (κ2) is 7.12. The maximum Gasteiger partial charge on any atom is 0.328 e. The third-order valence-corrected chi connectivity index (χ3v) is 3.57. The van der Waals surface area contributed by atoms with Gasteiger partial charge in [-0.2, -0.15) is 0 Å². The smallest absolute Gasteiger partial charge is 0.328 e. The number of nitrogens with zero attached hydrogens (tertiary/aromatic N) is 3. The average Bonchev–Trinajstić information content (AvgIpc) is 2.95. The minimum atomic E-state index is -0.550. The monoisotopic (exact) mass is 338 g/mol. The number of aromatic nitrogens is 3. The minimum absolute atomic E-state index is 0.0999. The van der Waals surface area contributed by atoms with E-state index >= 15 is 0 Å². The van der Waals surface area contributed by atoms with E-state index in [0.717, 1.165) is 16.6 Å². The van der Waals surface area contributed by atoms with Crippen molar-refractivity contribution in [3.8, 4) is 0 Å². The molecule has 7 nitrogen and oxygen atoms in total. The van der Waals surface area contributed by atoms with E-state index in [1.165, 1.54) is 4.68 Å². The second-order valence-corrected chi connectivity index (χ2v) is 5.82. The van der Waals surface area contributed by atoms with Crippen molar-refractivity contribution in [3.63, 3.8) is 0 Å². The van der Waals surface area contributed by atoms with Crippen molar-refractivity contribution in [2.75, 3.05) is 11.9 Å². The van der Waals surface area contributed by atoms with Crippen LogP contribution in [-0.2, 0) is 20.9 Å². The van der Waals surface area contributed by atoms with Crippen molar-refractivity contribution >= 4 is 28.6 Å². The van der Waals surface area contributed by atoms with Gasteiger partial charge in [-0.3, -0.25) is 9.59 Å². The molecule has 25 heavy (non-hydrogen) atoms. The summed E-state index contributed by atoms with van der Waals surface area (Å²) >= 11 is 0. The molecule has 0 atom stereocenters. The normalized spacial score (nSPS) is 10.6. The number of carbonyl (C=O) groups is 2. The lowest BCUT2D eigenvalue weighted by atomic mass is 10.1. The van der Waals surface area contributed by atoms with Crippen LogP contribution in [0.1, 0.15) is 11.1 Å². The van der Waals surface area contributed by atoms with Crippen LogP contribution in [0, 0.1) is 13.8 Å². The largest absolute Gasteiger partial charge is 0.454 e. The highest BCUT2D eigenvalue weighted by atomic mass is 16.5. The summed E-state index contributed by atoms with van der Waals surface area (Å²) in [4.78, 5) is 23.9. The highest BCUT2D eigenvalue weighted by Crippen LogP contribution is 2.13. The molecule has 1 heterocycles. The Kier molecular flexibility index (Phi) is 4.74. The number of anilines is 1. The van der Waals surface area contributed by atoms with Crippen LogP contribution in [0.25, 0.3) is 11.0 Å². The van der Waals surface area contributed by atoms with Gasteiger partial charge in [0.15, 0.2) is 6.61 Å². The Morgan fingerprint density at radius 1 is 1.12 bits per heavy atom. The third-order valence-electron chi connectivity index (χ3n) is 3.57. The van der Waals surface area contributed by atoms with E-state index in [4.69, 9.17) is 4.74 Å². The lowest BCUT2D eigenvalue weighted by Crippen LogP contribution is -2.23. The molecule has 128 valence electrons. The number of ether oxygens (including phenoxy) is 1.